The fourth-order valence-electron chi connectivity index (χ4n) is 5.49. The minimum Gasteiger partial charge on any atom is -0.455 e. The molecule has 3 aromatic carbocycles. The van der Waals surface area contributed by atoms with Gasteiger partial charge in [0.2, 0.25) is 5.91 Å². The van der Waals surface area contributed by atoms with Gasteiger partial charge in [-0.3, -0.25) is 4.79 Å². The van der Waals surface area contributed by atoms with Crippen LogP contribution in [-0.4, -0.2) is 20.9 Å². The third-order valence-electron chi connectivity index (χ3n) is 7.65. The second kappa shape index (κ2) is 11.3. The Morgan fingerprint density at radius 2 is 1.77 bits per heavy atom. The number of para-hydroxylation sites is 1. The van der Waals surface area contributed by atoms with Gasteiger partial charge in [-0.25, -0.2) is 15.0 Å². The van der Waals surface area contributed by atoms with Gasteiger partial charge in [0.1, 0.15) is 23.4 Å². The topological polar surface area (TPSA) is 89.0 Å². The van der Waals surface area contributed by atoms with Crippen molar-refractivity contribution in [3.8, 4) is 11.5 Å². The second-order valence-corrected chi connectivity index (χ2v) is 10.7. The predicted octanol–water partition coefficient (Wildman–Crippen LogP) is 8.24. The van der Waals surface area contributed by atoms with Crippen molar-refractivity contribution in [2.24, 2.45) is 5.92 Å². The van der Waals surface area contributed by atoms with Crippen LogP contribution in [0.3, 0.4) is 0 Å². The summed E-state index contributed by atoms with van der Waals surface area (Å²) in [4.78, 5) is 26.2. The average molecular weight is 532 g/mol. The highest BCUT2D eigenvalue weighted by atomic mass is 16.5. The fraction of sp³-hybridized carbons (Fsp3) is 0.273. The predicted molar refractivity (Wildman–Crippen MR) is 160 cm³/mol. The Labute approximate surface area is 234 Å². The van der Waals surface area contributed by atoms with E-state index in [1.54, 1.807) is 6.33 Å². The molecule has 6 rings (SSSR count). The van der Waals surface area contributed by atoms with E-state index in [1.165, 1.54) is 25.7 Å². The van der Waals surface area contributed by atoms with Crippen LogP contribution in [0.5, 0.6) is 11.5 Å². The largest absolute Gasteiger partial charge is 0.455 e. The summed E-state index contributed by atoms with van der Waals surface area (Å²) in [6.45, 7) is 3.99. The Morgan fingerprint density at radius 3 is 2.62 bits per heavy atom. The summed E-state index contributed by atoms with van der Waals surface area (Å²) >= 11 is 0. The van der Waals surface area contributed by atoms with Gasteiger partial charge < -0.3 is 15.4 Å². The molecule has 1 amide bonds. The van der Waals surface area contributed by atoms with Crippen molar-refractivity contribution >= 4 is 44.9 Å². The number of hydrogen-bond donors (Lipinski definition) is 2. The van der Waals surface area contributed by atoms with E-state index in [0.29, 0.717) is 18.2 Å². The number of nitrogens with zero attached hydrogens (tertiary/aromatic N) is 3. The van der Waals surface area contributed by atoms with E-state index >= 15 is 0 Å². The molecule has 7 heteroatoms. The molecule has 40 heavy (non-hydrogen) atoms. The lowest BCUT2D eigenvalue weighted by molar-refractivity contribution is -0.116. The first-order valence-corrected chi connectivity index (χ1v) is 14.0. The number of ether oxygens (including phenoxy) is 1. The van der Waals surface area contributed by atoms with Gasteiger partial charge in [0, 0.05) is 34.3 Å². The Bertz CT molecular complexity index is 1690. The lowest BCUT2D eigenvalue weighted by atomic mass is 10.0. The smallest absolute Gasteiger partial charge is 0.224 e. The van der Waals surface area contributed by atoms with Gasteiger partial charge in [0.25, 0.3) is 0 Å². The van der Waals surface area contributed by atoms with Gasteiger partial charge >= 0.3 is 0 Å². The van der Waals surface area contributed by atoms with Crippen molar-refractivity contribution in [2.45, 2.75) is 52.4 Å². The fourth-order valence-corrected chi connectivity index (χ4v) is 5.49. The first-order valence-electron chi connectivity index (χ1n) is 14.0. The maximum absolute atomic E-state index is 12.6. The van der Waals surface area contributed by atoms with Gasteiger partial charge in [-0.2, -0.15) is 0 Å². The number of amides is 1. The van der Waals surface area contributed by atoms with Crippen LogP contribution in [0, 0.1) is 19.8 Å². The van der Waals surface area contributed by atoms with Crippen LogP contribution in [0.1, 0.15) is 49.8 Å². The minimum atomic E-state index is 0.0559. The standard InChI is InChI=1S/C33H33N5O2/c1-21-18-25(14-16-29(21)40-30-9-5-8-24-12-10-22(2)36-32(24)30)38-33-27-19-26(13-15-28(27)34-20-35-33)37-31(39)17-11-23-6-3-4-7-23/h5,8-10,12-16,18-20,23H,3-4,6-7,11,17H2,1-2H3,(H,37,39)(H,34,35,38). The number of nitrogens with one attached hydrogen (secondary N) is 2. The highest BCUT2D eigenvalue weighted by Gasteiger charge is 2.16. The summed E-state index contributed by atoms with van der Waals surface area (Å²) in [5, 5.41) is 8.37. The van der Waals surface area contributed by atoms with E-state index < -0.39 is 0 Å². The molecule has 0 radical (unpaired) electrons. The molecule has 7 nitrogen and oxygen atoms in total. The number of benzene rings is 3. The molecule has 0 unspecified atom stereocenters. The highest BCUT2D eigenvalue weighted by molar-refractivity contribution is 5.97. The Morgan fingerprint density at radius 1 is 0.925 bits per heavy atom. The molecule has 1 aliphatic rings. The number of carbonyl (C=O) groups is 1. The molecule has 2 heterocycles. The van der Waals surface area contributed by atoms with Gasteiger partial charge in [0.05, 0.1) is 5.52 Å². The van der Waals surface area contributed by atoms with Crippen molar-refractivity contribution in [1.29, 1.82) is 0 Å². The summed E-state index contributed by atoms with van der Waals surface area (Å²) in [5.74, 6) is 2.91. The van der Waals surface area contributed by atoms with Crippen LogP contribution < -0.4 is 15.4 Å². The van der Waals surface area contributed by atoms with E-state index in [0.717, 1.165) is 62.4 Å². The normalized spacial score (nSPS) is 13.6. The number of fused-ring (bicyclic) bond motifs is 2. The molecular weight excluding hydrogens is 498 g/mol. The summed E-state index contributed by atoms with van der Waals surface area (Å²) in [5.41, 5.74) is 5.20. The zero-order valence-electron chi connectivity index (χ0n) is 22.9. The van der Waals surface area contributed by atoms with Crippen molar-refractivity contribution in [2.75, 3.05) is 10.6 Å². The van der Waals surface area contributed by atoms with E-state index in [9.17, 15) is 4.79 Å². The second-order valence-electron chi connectivity index (χ2n) is 10.7. The minimum absolute atomic E-state index is 0.0559. The first-order chi connectivity index (χ1) is 19.5. The molecule has 1 saturated carbocycles. The molecule has 202 valence electrons. The van der Waals surface area contributed by atoms with Gasteiger partial charge in [-0.1, -0.05) is 43.9 Å². The number of carbonyl (C=O) groups excluding carboxylic acids is 1. The SMILES string of the molecule is Cc1ccc2cccc(Oc3ccc(Nc4ncnc5ccc(NC(=O)CCC6CCCC6)cc45)cc3C)c2n1. The van der Waals surface area contributed by atoms with Crippen LogP contribution in [0.25, 0.3) is 21.8 Å². The van der Waals surface area contributed by atoms with Crippen LogP contribution in [-0.2, 0) is 4.79 Å². The van der Waals surface area contributed by atoms with Crippen LogP contribution in [0.4, 0.5) is 17.2 Å². The zero-order valence-corrected chi connectivity index (χ0v) is 22.9. The average Bonchev–Trinajstić information content (AvgIpc) is 3.48. The van der Waals surface area contributed by atoms with Crippen molar-refractivity contribution in [3.05, 3.63) is 84.3 Å². The Balaban J connectivity index is 1.19. The third kappa shape index (κ3) is 5.73. The molecular formula is C33H33N5O2. The molecule has 0 aliphatic heterocycles. The molecule has 0 saturated heterocycles. The van der Waals surface area contributed by atoms with Crippen LogP contribution in [0.15, 0.2) is 73.1 Å². The summed E-state index contributed by atoms with van der Waals surface area (Å²) in [6.07, 6.45) is 8.16. The highest BCUT2D eigenvalue weighted by Crippen LogP contribution is 2.33. The van der Waals surface area contributed by atoms with Crippen LogP contribution >= 0.6 is 0 Å². The lowest BCUT2D eigenvalue weighted by Gasteiger charge is -2.14. The number of rotatable bonds is 8. The summed E-state index contributed by atoms with van der Waals surface area (Å²) < 4.78 is 6.30. The van der Waals surface area contributed by atoms with E-state index in [4.69, 9.17) is 4.74 Å². The molecule has 0 bridgehead atoms. The molecule has 1 fully saturated rings. The quantitative estimate of drug-likeness (QED) is 0.210. The first kappa shape index (κ1) is 25.7. The molecule has 5 aromatic rings. The maximum atomic E-state index is 12.6. The van der Waals surface area contributed by atoms with Gasteiger partial charge in [-0.05, 0) is 80.3 Å². The Hall–Kier alpha value is -4.52. The zero-order chi connectivity index (χ0) is 27.5. The van der Waals surface area contributed by atoms with Crippen molar-refractivity contribution < 1.29 is 9.53 Å². The van der Waals surface area contributed by atoms with E-state index in [-0.39, 0.29) is 5.91 Å². The third-order valence-corrected chi connectivity index (χ3v) is 7.65. The van der Waals surface area contributed by atoms with E-state index in [1.807, 2.05) is 74.5 Å². The number of pyridine rings is 1. The van der Waals surface area contributed by atoms with E-state index in [2.05, 4.69) is 31.7 Å². The molecule has 2 N–H and O–H groups in total. The maximum Gasteiger partial charge on any atom is 0.224 e. The summed E-state index contributed by atoms with van der Waals surface area (Å²) in [7, 11) is 0. The number of anilines is 3. The van der Waals surface area contributed by atoms with Gasteiger partial charge in [-0.15, -0.1) is 0 Å². The number of hydrogen-bond acceptors (Lipinski definition) is 6. The Kier molecular flexibility index (Phi) is 7.27. The molecule has 0 atom stereocenters. The van der Waals surface area contributed by atoms with Crippen LogP contribution in [0.2, 0.25) is 0 Å². The summed E-state index contributed by atoms with van der Waals surface area (Å²) in [6, 6.07) is 21.7. The van der Waals surface area contributed by atoms with Gasteiger partial charge in [0.15, 0.2) is 5.75 Å². The molecule has 2 aromatic heterocycles. The van der Waals surface area contributed by atoms with Crippen molar-refractivity contribution in [1.82, 2.24) is 15.0 Å². The molecule has 0 spiro atoms. The number of aromatic nitrogens is 3. The lowest BCUT2D eigenvalue weighted by Crippen LogP contribution is -2.12. The molecule has 1 aliphatic carbocycles. The number of aryl methyl sites for hydroxylation is 2. The monoisotopic (exact) mass is 531 g/mol. The van der Waals surface area contributed by atoms with Crippen molar-refractivity contribution in [3.63, 3.8) is 0 Å².